The van der Waals surface area contributed by atoms with Crippen LogP contribution in [0.2, 0.25) is 0 Å². The van der Waals surface area contributed by atoms with E-state index in [0.717, 1.165) is 31.4 Å². The quantitative estimate of drug-likeness (QED) is 0.448. The number of unbranched alkanes of at least 4 members (excludes halogenated alkanes) is 1. The molecule has 0 aliphatic rings. The average Bonchev–Trinajstić information content (AvgIpc) is 2.44. The predicted molar refractivity (Wildman–Crippen MR) is 82.6 cm³/mol. The van der Waals surface area contributed by atoms with Gasteiger partial charge < -0.3 is 5.73 Å². The first-order chi connectivity index (χ1) is 9.49. The van der Waals surface area contributed by atoms with Crippen LogP contribution in [-0.4, -0.2) is 22.4 Å². The van der Waals surface area contributed by atoms with Crippen LogP contribution in [0.25, 0.3) is 0 Å². The molecule has 5 nitrogen and oxygen atoms in total. The Balaban J connectivity index is 2.91. The number of nitrogens with two attached hydrogens (primary N) is 1. The standard InChI is InChI=1S/C15H25N3O2/c1-4-6-9-17(12(3)5-2)11-13-10-14(18(19)20)7-8-15(13)16/h7-8,10,12H,4-6,9,11,16H2,1-3H3. The van der Waals surface area contributed by atoms with Gasteiger partial charge in [0.05, 0.1) is 4.92 Å². The third-order valence-electron chi connectivity index (χ3n) is 3.72. The first-order valence-electron chi connectivity index (χ1n) is 7.26. The zero-order valence-electron chi connectivity index (χ0n) is 12.6. The van der Waals surface area contributed by atoms with Gasteiger partial charge in [-0.05, 0) is 37.9 Å². The minimum absolute atomic E-state index is 0.105. The highest BCUT2D eigenvalue weighted by Gasteiger charge is 2.16. The minimum atomic E-state index is -0.372. The summed E-state index contributed by atoms with van der Waals surface area (Å²) < 4.78 is 0. The monoisotopic (exact) mass is 279 g/mol. The number of rotatable bonds is 8. The van der Waals surface area contributed by atoms with Crippen molar-refractivity contribution in [3.05, 3.63) is 33.9 Å². The van der Waals surface area contributed by atoms with Gasteiger partial charge in [0.25, 0.3) is 5.69 Å². The number of non-ortho nitro benzene ring substituents is 1. The van der Waals surface area contributed by atoms with Crippen molar-refractivity contribution in [1.82, 2.24) is 4.90 Å². The van der Waals surface area contributed by atoms with Gasteiger partial charge in [-0.25, -0.2) is 0 Å². The second-order valence-corrected chi connectivity index (χ2v) is 5.22. The van der Waals surface area contributed by atoms with E-state index in [2.05, 4.69) is 25.7 Å². The van der Waals surface area contributed by atoms with Gasteiger partial charge in [0.15, 0.2) is 0 Å². The third kappa shape index (κ3) is 4.49. The highest BCUT2D eigenvalue weighted by Crippen LogP contribution is 2.22. The molecule has 0 saturated carbocycles. The van der Waals surface area contributed by atoms with Gasteiger partial charge in [0, 0.05) is 30.4 Å². The minimum Gasteiger partial charge on any atom is -0.398 e. The number of hydrogen-bond acceptors (Lipinski definition) is 4. The first kappa shape index (κ1) is 16.4. The van der Waals surface area contributed by atoms with Crippen LogP contribution in [0.4, 0.5) is 11.4 Å². The van der Waals surface area contributed by atoms with Crippen LogP contribution < -0.4 is 5.73 Å². The zero-order chi connectivity index (χ0) is 15.1. The maximum Gasteiger partial charge on any atom is 0.269 e. The van der Waals surface area contributed by atoms with E-state index in [-0.39, 0.29) is 10.6 Å². The Labute approximate surface area is 120 Å². The van der Waals surface area contributed by atoms with E-state index < -0.39 is 0 Å². The fourth-order valence-corrected chi connectivity index (χ4v) is 2.14. The molecule has 112 valence electrons. The molecular weight excluding hydrogens is 254 g/mol. The second kappa shape index (κ2) is 7.85. The number of nitro groups is 1. The maximum atomic E-state index is 10.9. The summed E-state index contributed by atoms with van der Waals surface area (Å²) in [6, 6.07) is 5.12. The molecule has 0 heterocycles. The molecule has 0 aliphatic heterocycles. The SMILES string of the molecule is CCCCN(Cc1cc([N+](=O)[O-])ccc1N)C(C)CC. The van der Waals surface area contributed by atoms with Gasteiger partial charge in [-0.15, -0.1) is 0 Å². The van der Waals surface area contributed by atoms with Gasteiger partial charge in [0.1, 0.15) is 0 Å². The van der Waals surface area contributed by atoms with E-state index in [4.69, 9.17) is 5.73 Å². The highest BCUT2D eigenvalue weighted by molar-refractivity contribution is 5.52. The summed E-state index contributed by atoms with van der Waals surface area (Å²) in [5.41, 5.74) is 7.53. The van der Waals surface area contributed by atoms with Gasteiger partial charge in [-0.1, -0.05) is 20.3 Å². The fourth-order valence-electron chi connectivity index (χ4n) is 2.14. The lowest BCUT2D eigenvalue weighted by molar-refractivity contribution is -0.384. The summed E-state index contributed by atoms with van der Waals surface area (Å²) in [5, 5.41) is 10.9. The molecule has 2 N–H and O–H groups in total. The van der Waals surface area contributed by atoms with Gasteiger partial charge >= 0.3 is 0 Å². The van der Waals surface area contributed by atoms with E-state index in [1.807, 2.05) is 0 Å². The number of benzene rings is 1. The molecule has 1 unspecified atom stereocenters. The van der Waals surface area contributed by atoms with Crippen LogP contribution in [0.1, 0.15) is 45.6 Å². The number of nitrogen functional groups attached to an aromatic ring is 1. The zero-order valence-corrected chi connectivity index (χ0v) is 12.6. The smallest absolute Gasteiger partial charge is 0.269 e. The summed E-state index contributed by atoms with van der Waals surface area (Å²) in [5.74, 6) is 0. The number of nitrogens with zero attached hydrogens (tertiary/aromatic N) is 2. The summed E-state index contributed by atoms with van der Waals surface area (Å²) in [6.07, 6.45) is 3.31. The maximum absolute atomic E-state index is 10.9. The average molecular weight is 279 g/mol. The van der Waals surface area contributed by atoms with Gasteiger partial charge in [0.2, 0.25) is 0 Å². The fraction of sp³-hybridized carbons (Fsp3) is 0.600. The first-order valence-corrected chi connectivity index (χ1v) is 7.26. The Bertz CT molecular complexity index is 449. The molecule has 0 aromatic heterocycles. The number of nitro benzene ring substituents is 1. The lowest BCUT2D eigenvalue weighted by atomic mass is 10.1. The summed E-state index contributed by atoms with van der Waals surface area (Å²) in [4.78, 5) is 12.8. The molecule has 0 spiro atoms. The van der Waals surface area contributed by atoms with Crippen molar-refractivity contribution < 1.29 is 4.92 Å². The van der Waals surface area contributed by atoms with E-state index in [9.17, 15) is 10.1 Å². The second-order valence-electron chi connectivity index (χ2n) is 5.22. The van der Waals surface area contributed by atoms with Crippen LogP contribution >= 0.6 is 0 Å². The Morgan fingerprint density at radius 1 is 1.40 bits per heavy atom. The third-order valence-corrected chi connectivity index (χ3v) is 3.72. The van der Waals surface area contributed by atoms with Crippen molar-refractivity contribution in [3.63, 3.8) is 0 Å². The predicted octanol–water partition coefficient (Wildman–Crippen LogP) is 3.58. The number of hydrogen-bond donors (Lipinski definition) is 1. The van der Waals surface area contributed by atoms with Crippen LogP contribution in [0.3, 0.4) is 0 Å². The molecule has 20 heavy (non-hydrogen) atoms. The number of anilines is 1. The topological polar surface area (TPSA) is 72.4 Å². The molecule has 1 atom stereocenters. The van der Waals surface area contributed by atoms with Crippen LogP contribution in [0, 0.1) is 10.1 Å². The van der Waals surface area contributed by atoms with Crippen molar-refractivity contribution in [1.29, 1.82) is 0 Å². The lowest BCUT2D eigenvalue weighted by Gasteiger charge is -2.28. The van der Waals surface area contributed by atoms with E-state index in [1.165, 1.54) is 6.07 Å². The molecule has 0 bridgehead atoms. The van der Waals surface area contributed by atoms with Crippen LogP contribution in [-0.2, 0) is 6.54 Å². The van der Waals surface area contributed by atoms with Gasteiger partial charge in [-0.2, -0.15) is 0 Å². The molecule has 0 radical (unpaired) electrons. The molecule has 0 fully saturated rings. The molecule has 5 heteroatoms. The summed E-state index contributed by atoms with van der Waals surface area (Å²) in [6.45, 7) is 8.16. The van der Waals surface area contributed by atoms with Crippen molar-refractivity contribution in [2.24, 2.45) is 0 Å². The van der Waals surface area contributed by atoms with Crippen molar-refractivity contribution in [2.45, 2.75) is 52.6 Å². The Hall–Kier alpha value is -1.62. The highest BCUT2D eigenvalue weighted by atomic mass is 16.6. The largest absolute Gasteiger partial charge is 0.398 e. The Kier molecular flexibility index (Phi) is 6.45. The van der Waals surface area contributed by atoms with E-state index in [0.29, 0.717) is 18.3 Å². The summed E-state index contributed by atoms with van der Waals surface area (Å²) in [7, 11) is 0. The van der Waals surface area contributed by atoms with Crippen molar-refractivity contribution in [2.75, 3.05) is 12.3 Å². The lowest BCUT2D eigenvalue weighted by Crippen LogP contribution is -2.33. The molecule has 1 aromatic rings. The molecule has 1 aromatic carbocycles. The molecule has 0 saturated heterocycles. The molecule has 0 amide bonds. The van der Waals surface area contributed by atoms with Crippen molar-refractivity contribution in [3.8, 4) is 0 Å². The summed E-state index contributed by atoms with van der Waals surface area (Å²) >= 11 is 0. The van der Waals surface area contributed by atoms with E-state index >= 15 is 0 Å². The van der Waals surface area contributed by atoms with Gasteiger partial charge in [-0.3, -0.25) is 15.0 Å². The van der Waals surface area contributed by atoms with Crippen molar-refractivity contribution >= 4 is 11.4 Å². The molecular formula is C15H25N3O2. The van der Waals surface area contributed by atoms with E-state index in [1.54, 1.807) is 12.1 Å². The molecule has 0 aliphatic carbocycles. The van der Waals surface area contributed by atoms with Crippen LogP contribution in [0.5, 0.6) is 0 Å². The molecule has 1 rings (SSSR count). The van der Waals surface area contributed by atoms with Crippen LogP contribution in [0.15, 0.2) is 18.2 Å². The normalized spacial score (nSPS) is 12.6. The Morgan fingerprint density at radius 2 is 2.10 bits per heavy atom. The Morgan fingerprint density at radius 3 is 2.65 bits per heavy atom.